The van der Waals surface area contributed by atoms with Gasteiger partial charge in [0.25, 0.3) is 0 Å². The number of hydrogen-bond donors (Lipinski definition) is 1. The Morgan fingerprint density at radius 2 is 1.63 bits per heavy atom. The first-order valence-electron chi connectivity index (χ1n) is 10.6. The number of Topliss-reactive ketones (excluding diaryl/α,β-unsaturated/α-hetero) is 1. The van der Waals surface area contributed by atoms with Crippen LogP contribution in [0.2, 0.25) is 0 Å². The third-order valence-electron chi connectivity index (χ3n) is 6.06. The summed E-state index contributed by atoms with van der Waals surface area (Å²) in [7, 11) is 1.29. The van der Waals surface area contributed by atoms with E-state index in [1.54, 1.807) is 6.07 Å². The number of esters is 1. The van der Waals surface area contributed by atoms with E-state index in [-0.39, 0.29) is 29.8 Å². The fourth-order valence-electron chi connectivity index (χ4n) is 4.81. The molecule has 0 saturated carbocycles. The number of ketones is 1. The first-order chi connectivity index (χ1) is 14.5. The molecule has 5 nitrogen and oxygen atoms in total. The van der Waals surface area contributed by atoms with Crippen molar-refractivity contribution in [3.8, 4) is 11.1 Å². The second kappa shape index (κ2) is 9.24. The number of methoxy groups -OCH3 is 1. The maximum absolute atomic E-state index is 13.0. The van der Waals surface area contributed by atoms with Crippen molar-refractivity contribution in [3.05, 3.63) is 59.2 Å². The largest absolute Gasteiger partial charge is 0.469 e. The third-order valence-corrected chi connectivity index (χ3v) is 6.06. The number of oxime groups is 1. The van der Waals surface area contributed by atoms with Crippen LogP contribution in [-0.2, 0) is 14.9 Å². The third kappa shape index (κ3) is 3.76. The maximum Gasteiger partial charge on any atom is 0.305 e. The number of fused-ring (bicyclic) bond motifs is 3. The molecule has 0 aliphatic heterocycles. The molecule has 0 fully saturated rings. The van der Waals surface area contributed by atoms with Gasteiger partial charge in [-0.15, -0.1) is 0 Å². The molecule has 158 valence electrons. The van der Waals surface area contributed by atoms with Gasteiger partial charge in [-0.3, -0.25) is 9.59 Å². The van der Waals surface area contributed by atoms with Crippen molar-refractivity contribution in [1.82, 2.24) is 0 Å². The smallest absolute Gasteiger partial charge is 0.305 e. The molecule has 30 heavy (non-hydrogen) atoms. The topological polar surface area (TPSA) is 76.0 Å². The van der Waals surface area contributed by atoms with E-state index in [2.05, 4.69) is 48.0 Å². The van der Waals surface area contributed by atoms with Gasteiger partial charge in [-0.05, 0) is 41.2 Å². The number of carbonyl (C=O) groups is 2. The van der Waals surface area contributed by atoms with Gasteiger partial charge in [0.2, 0.25) is 5.78 Å². The number of nitrogens with zero attached hydrogens (tertiary/aromatic N) is 1. The van der Waals surface area contributed by atoms with Gasteiger partial charge in [-0.1, -0.05) is 68.2 Å². The van der Waals surface area contributed by atoms with Crippen LogP contribution in [0.5, 0.6) is 0 Å². The summed E-state index contributed by atoms with van der Waals surface area (Å²) in [6.45, 7) is 4.38. The minimum atomic E-state index is -0.446. The van der Waals surface area contributed by atoms with E-state index in [9.17, 15) is 14.8 Å². The van der Waals surface area contributed by atoms with Crippen LogP contribution in [0.25, 0.3) is 11.1 Å². The quantitative estimate of drug-likeness (QED) is 0.195. The van der Waals surface area contributed by atoms with E-state index in [0.29, 0.717) is 5.56 Å². The van der Waals surface area contributed by atoms with Crippen molar-refractivity contribution in [2.24, 2.45) is 5.16 Å². The number of ether oxygens (including phenoxy) is 1. The molecule has 0 radical (unpaired) electrons. The average molecular weight is 408 g/mol. The van der Waals surface area contributed by atoms with Crippen LogP contribution in [0.3, 0.4) is 0 Å². The first kappa shape index (κ1) is 21.8. The molecule has 2 aromatic carbocycles. The molecule has 3 rings (SSSR count). The van der Waals surface area contributed by atoms with Gasteiger partial charge in [-0.2, -0.15) is 0 Å². The first-order valence-corrected chi connectivity index (χ1v) is 10.6. The van der Waals surface area contributed by atoms with Crippen LogP contribution >= 0.6 is 0 Å². The lowest BCUT2D eigenvalue weighted by Gasteiger charge is -2.32. The van der Waals surface area contributed by atoms with Crippen molar-refractivity contribution in [1.29, 1.82) is 0 Å². The predicted octanol–water partition coefficient (Wildman–Crippen LogP) is 5.52. The molecule has 0 aromatic heterocycles. The molecule has 5 heteroatoms. The molecule has 2 aromatic rings. The molecule has 1 aliphatic carbocycles. The second-order valence-electron chi connectivity index (χ2n) is 7.84. The van der Waals surface area contributed by atoms with Gasteiger partial charge in [0.1, 0.15) is 5.71 Å². The van der Waals surface area contributed by atoms with E-state index in [4.69, 9.17) is 0 Å². The van der Waals surface area contributed by atoms with Gasteiger partial charge in [0.15, 0.2) is 0 Å². The summed E-state index contributed by atoms with van der Waals surface area (Å²) < 4.78 is 4.62. The lowest BCUT2D eigenvalue weighted by molar-refractivity contribution is -0.140. The van der Waals surface area contributed by atoms with Crippen LogP contribution in [-0.4, -0.2) is 29.8 Å². The number of hydrogen-bond acceptors (Lipinski definition) is 5. The predicted molar refractivity (Wildman–Crippen MR) is 117 cm³/mol. The SMILES string of the molecule is CCCC1(CCC)c2ccccc2-c2ccc(C(=O)C(CCC(=O)OC)=NO)cc21. The molecule has 1 aliphatic rings. The van der Waals surface area contributed by atoms with Gasteiger partial charge in [0, 0.05) is 17.4 Å². The Morgan fingerprint density at radius 3 is 2.27 bits per heavy atom. The lowest BCUT2D eigenvalue weighted by atomic mass is 9.71. The Morgan fingerprint density at radius 1 is 0.967 bits per heavy atom. The van der Waals surface area contributed by atoms with E-state index < -0.39 is 5.97 Å². The summed E-state index contributed by atoms with van der Waals surface area (Å²) in [6, 6.07) is 14.3. The Labute approximate surface area is 177 Å². The molecule has 1 N–H and O–H groups in total. The van der Waals surface area contributed by atoms with Gasteiger partial charge < -0.3 is 9.94 Å². The molecule has 0 unspecified atom stereocenters. The summed E-state index contributed by atoms with van der Waals surface area (Å²) in [5.41, 5.74) is 5.23. The minimum Gasteiger partial charge on any atom is -0.469 e. The zero-order valence-electron chi connectivity index (χ0n) is 17.9. The lowest BCUT2D eigenvalue weighted by Crippen LogP contribution is -2.25. The van der Waals surface area contributed by atoms with Crippen LogP contribution in [0, 0.1) is 0 Å². The molecule has 0 atom stereocenters. The van der Waals surface area contributed by atoms with Crippen molar-refractivity contribution in [2.75, 3.05) is 7.11 Å². The molecular weight excluding hydrogens is 378 g/mol. The Balaban J connectivity index is 2.04. The van der Waals surface area contributed by atoms with E-state index in [1.807, 2.05) is 12.1 Å². The van der Waals surface area contributed by atoms with E-state index in [0.717, 1.165) is 25.7 Å². The van der Waals surface area contributed by atoms with Crippen molar-refractivity contribution < 1.29 is 19.5 Å². The number of benzene rings is 2. The molecule has 0 amide bonds. The molecule has 0 heterocycles. The Bertz CT molecular complexity index is 971. The monoisotopic (exact) mass is 407 g/mol. The highest BCUT2D eigenvalue weighted by Crippen LogP contribution is 2.53. The summed E-state index contributed by atoms with van der Waals surface area (Å²) in [6.07, 6.45) is 4.11. The summed E-state index contributed by atoms with van der Waals surface area (Å²) >= 11 is 0. The summed E-state index contributed by atoms with van der Waals surface area (Å²) in [5.74, 6) is -0.805. The van der Waals surface area contributed by atoms with Crippen LogP contribution in [0.4, 0.5) is 0 Å². The zero-order valence-corrected chi connectivity index (χ0v) is 17.9. The molecule has 0 saturated heterocycles. The number of carbonyl (C=O) groups excluding carboxylic acids is 2. The Kier molecular flexibility index (Phi) is 6.70. The fraction of sp³-hybridized carbons (Fsp3) is 0.400. The van der Waals surface area contributed by atoms with Crippen LogP contribution in [0.1, 0.15) is 73.9 Å². The minimum absolute atomic E-state index is 0.00633. The van der Waals surface area contributed by atoms with Crippen molar-refractivity contribution >= 4 is 17.5 Å². The van der Waals surface area contributed by atoms with Gasteiger partial charge in [0.05, 0.1) is 13.5 Å². The van der Waals surface area contributed by atoms with Gasteiger partial charge in [-0.25, -0.2) is 0 Å². The zero-order chi connectivity index (χ0) is 21.7. The highest BCUT2D eigenvalue weighted by Gasteiger charge is 2.41. The number of rotatable bonds is 9. The summed E-state index contributed by atoms with van der Waals surface area (Å²) in [4.78, 5) is 24.5. The normalized spacial score (nSPS) is 14.2. The van der Waals surface area contributed by atoms with Crippen LogP contribution in [0.15, 0.2) is 47.6 Å². The van der Waals surface area contributed by atoms with Gasteiger partial charge >= 0.3 is 5.97 Å². The standard InChI is InChI=1S/C25H29NO4/c1-4-14-25(15-5-2)20-9-7-6-8-18(20)19-11-10-17(16-21(19)25)24(28)22(26-29)12-13-23(27)30-3/h6-11,16,29H,4-5,12-15H2,1-3H3. The summed E-state index contributed by atoms with van der Waals surface area (Å²) in [5, 5.41) is 12.5. The van der Waals surface area contributed by atoms with Crippen molar-refractivity contribution in [3.63, 3.8) is 0 Å². The Hall–Kier alpha value is -2.95. The molecular formula is C25H29NO4. The van der Waals surface area contributed by atoms with E-state index >= 15 is 0 Å². The second-order valence-corrected chi connectivity index (χ2v) is 7.84. The highest BCUT2D eigenvalue weighted by molar-refractivity contribution is 6.46. The fourth-order valence-corrected chi connectivity index (χ4v) is 4.81. The van der Waals surface area contributed by atoms with E-state index in [1.165, 1.54) is 29.4 Å². The molecule has 0 spiro atoms. The molecule has 0 bridgehead atoms. The highest BCUT2D eigenvalue weighted by atomic mass is 16.5. The van der Waals surface area contributed by atoms with Crippen LogP contribution < -0.4 is 0 Å². The van der Waals surface area contributed by atoms with Crippen molar-refractivity contribution in [2.45, 2.75) is 57.8 Å². The average Bonchev–Trinajstić information content (AvgIpc) is 3.04. The maximum atomic E-state index is 13.0.